The number of carbonyl (C=O) groups is 1. The summed E-state index contributed by atoms with van der Waals surface area (Å²) in [6, 6.07) is 3.55. The molecule has 0 aliphatic rings. The summed E-state index contributed by atoms with van der Waals surface area (Å²) in [7, 11) is 5.24. The van der Waals surface area contributed by atoms with Crippen molar-refractivity contribution >= 4 is 28.9 Å². The Hall–Kier alpha value is -1.76. The van der Waals surface area contributed by atoms with Crippen molar-refractivity contribution in [2.45, 2.75) is 19.4 Å². The van der Waals surface area contributed by atoms with E-state index in [4.69, 9.17) is 18.0 Å². The van der Waals surface area contributed by atoms with Gasteiger partial charge in [-0.25, -0.2) is 0 Å². The molecular weight excluding hydrogens is 262 g/mol. The Balaban J connectivity index is 2.81. The Morgan fingerprint density at radius 1 is 1.37 bits per heavy atom. The average molecular weight is 281 g/mol. The maximum atomic E-state index is 11.7. The molecule has 1 atom stereocenters. The van der Waals surface area contributed by atoms with Crippen molar-refractivity contribution < 1.29 is 4.79 Å². The number of thiocarbonyl (C=S) groups is 1. The van der Waals surface area contributed by atoms with E-state index in [0.717, 1.165) is 0 Å². The molecule has 0 bridgehead atoms. The van der Waals surface area contributed by atoms with E-state index in [0.29, 0.717) is 22.9 Å². The number of amides is 1. The molecule has 19 heavy (non-hydrogen) atoms. The first-order valence-electron chi connectivity index (χ1n) is 5.89. The maximum Gasteiger partial charge on any atom is 0.273 e. The number of hydrogen-bond acceptors (Lipinski definition) is 5. The van der Waals surface area contributed by atoms with Gasteiger partial charge < -0.3 is 15.5 Å². The maximum absolute atomic E-state index is 11.7. The molecule has 2 N–H and O–H groups in total. The van der Waals surface area contributed by atoms with Gasteiger partial charge in [0.1, 0.15) is 0 Å². The summed E-state index contributed by atoms with van der Waals surface area (Å²) in [5.41, 5.74) is 5.85. The Kier molecular flexibility index (Phi) is 5.17. The molecular formula is C12H19N5OS. The van der Waals surface area contributed by atoms with Crippen LogP contribution in [0.5, 0.6) is 0 Å². The molecule has 0 spiro atoms. The summed E-state index contributed by atoms with van der Waals surface area (Å²) >= 11 is 4.89. The molecule has 1 rings (SSSR count). The lowest BCUT2D eigenvalue weighted by molar-refractivity contribution is 0.0821. The fourth-order valence-corrected chi connectivity index (χ4v) is 1.75. The predicted molar refractivity (Wildman–Crippen MR) is 79.3 cm³/mol. The number of anilines is 1. The molecule has 1 amide bonds. The first kappa shape index (κ1) is 15.3. The summed E-state index contributed by atoms with van der Waals surface area (Å²) in [5.74, 6) is 0.511. The molecule has 104 valence electrons. The van der Waals surface area contributed by atoms with Crippen LogP contribution in [0.25, 0.3) is 0 Å². The van der Waals surface area contributed by atoms with Crippen LogP contribution in [0.1, 0.15) is 23.8 Å². The highest BCUT2D eigenvalue weighted by atomic mass is 32.1. The number of carbonyl (C=O) groups excluding carboxylic acids is 1. The Bertz CT molecular complexity index is 460. The lowest BCUT2D eigenvalue weighted by Gasteiger charge is -2.25. The first-order chi connectivity index (χ1) is 8.82. The van der Waals surface area contributed by atoms with Crippen LogP contribution in [0.2, 0.25) is 0 Å². The van der Waals surface area contributed by atoms with Gasteiger partial charge in [-0.15, -0.1) is 10.2 Å². The van der Waals surface area contributed by atoms with Crippen molar-refractivity contribution in [2.24, 2.45) is 5.73 Å². The second-order valence-electron chi connectivity index (χ2n) is 4.61. The highest BCUT2D eigenvalue weighted by Gasteiger charge is 2.15. The standard InChI is InChI=1S/C12H19N5OS/c1-8(7-10(13)19)17(4)11-6-5-9(14-15-11)12(18)16(2)3/h5-6,8H,7H2,1-4H3,(H2,13,19). The summed E-state index contributed by atoms with van der Waals surface area (Å²) < 4.78 is 0. The van der Waals surface area contributed by atoms with Crippen LogP contribution in [-0.4, -0.2) is 53.2 Å². The number of hydrogen-bond donors (Lipinski definition) is 1. The Labute approximate surface area is 118 Å². The number of nitrogens with two attached hydrogens (primary N) is 1. The predicted octanol–water partition coefficient (Wildman–Crippen LogP) is 0.679. The van der Waals surface area contributed by atoms with E-state index < -0.39 is 0 Å². The largest absolute Gasteiger partial charge is 0.393 e. The molecule has 6 nitrogen and oxygen atoms in total. The minimum Gasteiger partial charge on any atom is -0.393 e. The van der Waals surface area contributed by atoms with Gasteiger partial charge in [-0.05, 0) is 19.1 Å². The summed E-state index contributed by atoms with van der Waals surface area (Å²) in [6.45, 7) is 2.00. The van der Waals surface area contributed by atoms with E-state index in [2.05, 4.69) is 10.2 Å². The fraction of sp³-hybridized carbons (Fsp3) is 0.500. The highest BCUT2D eigenvalue weighted by Crippen LogP contribution is 2.13. The van der Waals surface area contributed by atoms with E-state index in [9.17, 15) is 4.79 Å². The molecule has 1 heterocycles. The van der Waals surface area contributed by atoms with Crippen LogP contribution >= 0.6 is 12.2 Å². The van der Waals surface area contributed by atoms with Crippen molar-refractivity contribution in [3.63, 3.8) is 0 Å². The third-order valence-electron chi connectivity index (χ3n) is 2.79. The molecule has 0 fully saturated rings. The van der Waals surface area contributed by atoms with Gasteiger partial charge in [-0.1, -0.05) is 12.2 Å². The van der Waals surface area contributed by atoms with Gasteiger partial charge in [0, 0.05) is 33.6 Å². The normalized spacial score (nSPS) is 11.8. The van der Waals surface area contributed by atoms with Gasteiger partial charge in [0.2, 0.25) is 0 Å². The van der Waals surface area contributed by atoms with Crippen LogP contribution in [-0.2, 0) is 0 Å². The molecule has 0 radical (unpaired) electrons. The van der Waals surface area contributed by atoms with Crippen LogP contribution in [0.4, 0.5) is 5.82 Å². The van der Waals surface area contributed by atoms with E-state index in [1.807, 2.05) is 18.9 Å². The number of rotatable bonds is 5. The summed E-state index contributed by atoms with van der Waals surface area (Å²) in [5, 5.41) is 7.99. The number of aromatic nitrogens is 2. The Morgan fingerprint density at radius 3 is 2.42 bits per heavy atom. The lowest BCUT2D eigenvalue weighted by Crippen LogP contribution is -2.33. The smallest absolute Gasteiger partial charge is 0.273 e. The van der Waals surface area contributed by atoms with E-state index in [1.54, 1.807) is 26.2 Å². The monoisotopic (exact) mass is 281 g/mol. The van der Waals surface area contributed by atoms with E-state index in [-0.39, 0.29) is 11.9 Å². The molecule has 1 aromatic heterocycles. The summed E-state index contributed by atoms with van der Waals surface area (Å²) in [4.78, 5) is 15.5. The first-order valence-corrected chi connectivity index (χ1v) is 6.30. The van der Waals surface area contributed by atoms with Crippen LogP contribution < -0.4 is 10.6 Å². The molecule has 0 saturated heterocycles. The van der Waals surface area contributed by atoms with Gasteiger partial charge in [0.25, 0.3) is 5.91 Å². The SMILES string of the molecule is CC(CC(N)=S)N(C)c1ccc(C(=O)N(C)C)nn1. The second-order valence-corrected chi connectivity index (χ2v) is 5.13. The summed E-state index contributed by atoms with van der Waals surface area (Å²) in [6.07, 6.45) is 0.603. The van der Waals surface area contributed by atoms with E-state index in [1.165, 1.54) is 4.90 Å². The fourth-order valence-electron chi connectivity index (χ4n) is 1.51. The lowest BCUT2D eigenvalue weighted by atomic mass is 10.2. The molecule has 7 heteroatoms. The van der Waals surface area contributed by atoms with Crippen LogP contribution in [0.3, 0.4) is 0 Å². The van der Waals surface area contributed by atoms with E-state index >= 15 is 0 Å². The van der Waals surface area contributed by atoms with Gasteiger partial charge in [0.15, 0.2) is 11.5 Å². The average Bonchev–Trinajstić information content (AvgIpc) is 2.36. The zero-order chi connectivity index (χ0) is 14.6. The quantitative estimate of drug-likeness (QED) is 0.800. The van der Waals surface area contributed by atoms with Crippen LogP contribution in [0, 0.1) is 0 Å². The van der Waals surface area contributed by atoms with Crippen molar-refractivity contribution in [3.8, 4) is 0 Å². The molecule has 0 aliphatic carbocycles. The van der Waals surface area contributed by atoms with Gasteiger partial charge in [-0.2, -0.15) is 0 Å². The van der Waals surface area contributed by atoms with Gasteiger partial charge in [0.05, 0.1) is 4.99 Å². The third-order valence-corrected chi connectivity index (χ3v) is 2.96. The van der Waals surface area contributed by atoms with Crippen molar-refractivity contribution in [1.29, 1.82) is 0 Å². The molecule has 0 aliphatic heterocycles. The molecule has 1 unspecified atom stereocenters. The zero-order valence-electron chi connectivity index (χ0n) is 11.6. The second kappa shape index (κ2) is 6.42. The van der Waals surface area contributed by atoms with Gasteiger partial charge in [-0.3, -0.25) is 4.79 Å². The molecule has 1 aromatic rings. The highest BCUT2D eigenvalue weighted by molar-refractivity contribution is 7.80. The van der Waals surface area contributed by atoms with Crippen molar-refractivity contribution in [3.05, 3.63) is 17.8 Å². The Morgan fingerprint density at radius 2 is 2.00 bits per heavy atom. The van der Waals surface area contributed by atoms with Crippen LogP contribution in [0.15, 0.2) is 12.1 Å². The van der Waals surface area contributed by atoms with Crippen molar-refractivity contribution in [2.75, 3.05) is 26.0 Å². The van der Waals surface area contributed by atoms with Gasteiger partial charge >= 0.3 is 0 Å². The minimum absolute atomic E-state index is 0.127. The molecule has 0 saturated carbocycles. The minimum atomic E-state index is -0.169. The third kappa shape index (κ3) is 4.13. The topological polar surface area (TPSA) is 75.3 Å². The van der Waals surface area contributed by atoms with Crippen molar-refractivity contribution in [1.82, 2.24) is 15.1 Å². The number of nitrogens with zero attached hydrogens (tertiary/aromatic N) is 4. The zero-order valence-corrected chi connectivity index (χ0v) is 12.4. The molecule has 0 aromatic carbocycles.